The third-order valence-corrected chi connectivity index (χ3v) is 4.90. The fourth-order valence-electron chi connectivity index (χ4n) is 3.34. The maximum atomic E-state index is 12.2. The van der Waals surface area contributed by atoms with Gasteiger partial charge in [-0.1, -0.05) is 17.7 Å². The Morgan fingerprint density at radius 3 is 3.10 bits per heavy atom. The summed E-state index contributed by atoms with van der Waals surface area (Å²) in [7, 11) is 0. The first-order valence-electron chi connectivity index (χ1n) is 7.63. The Hall–Kier alpha value is -1.10. The fraction of sp³-hybridized carbons (Fsp3) is 0.562. The minimum Gasteiger partial charge on any atom is -0.325 e. The van der Waals surface area contributed by atoms with E-state index in [-0.39, 0.29) is 5.91 Å². The molecule has 4 nitrogen and oxygen atoms in total. The molecule has 0 saturated carbocycles. The Kier molecular flexibility index (Phi) is 4.48. The number of aryl methyl sites for hydroxylation is 1. The van der Waals surface area contributed by atoms with Gasteiger partial charge in [0.2, 0.25) is 5.91 Å². The number of amides is 1. The summed E-state index contributed by atoms with van der Waals surface area (Å²) in [4.78, 5) is 14.4. The SMILES string of the molecule is Cc1ccc(NC(=O)CN2C[C@@H]3CCCN[C@@H]3C2)cc1Cl. The number of piperidine rings is 1. The largest absolute Gasteiger partial charge is 0.325 e. The van der Waals surface area contributed by atoms with E-state index in [1.54, 1.807) is 6.07 Å². The van der Waals surface area contributed by atoms with E-state index in [0.717, 1.165) is 30.9 Å². The molecule has 114 valence electrons. The number of rotatable bonds is 3. The number of nitrogens with one attached hydrogen (secondary N) is 2. The molecule has 2 fully saturated rings. The summed E-state index contributed by atoms with van der Waals surface area (Å²) in [6, 6.07) is 6.19. The fourth-order valence-corrected chi connectivity index (χ4v) is 3.52. The first-order valence-corrected chi connectivity index (χ1v) is 8.01. The number of benzene rings is 1. The molecular formula is C16H22ClN3O. The molecule has 0 aliphatic carbocycles. The van der Waals surface area contributed by atoms with Crippen LogP contribution < -0.4 is 10.6 Å². The monoisotopic (exact) mass is 307 g/mol. The molecule has 5 heteroatoms. The van der Waals surface area contributed by atoms with E-state index in [9.17, 15) is 4.79 Å². The predicted octanol–water partition coefficient (Wildman–Crippen LogP) is 2.27. The van der Waals surface area contributed by atoms with Gasteiger partial charge in [0.05, 0.1) is 6.54 Å². The zero-order chi connectivity index (χ0) is 14.8. The number of carbonyl (C=O) groups is 1. The van der Waals surface area contributed by atoms with Crippen LogP contribution in [-0.2, 0) is 4.79 Å². The van der Waals surface area contributed by atoms with Crippen molar-refractivity contribution in [3.63, 3.8) is 0 Å². The topological polar surface area (TPSA) is 44.4 Å². The average Bonchev–Trinajstić information content (AvgIpc) is 2.84. The van der Waals surface area contributed by atoms with Crippen molar-refractivity contribution in [3.8, 4) is 0 Å². The summed E-state index contributed by atoms with van der Waals surface area (Å²) in [5.41, 5.74) is 1.79. The molecule has 2 aliphatic heterocycles. The zero-order valence-corrected chi connectivity index (χ0v) is 13.1. The van der Waals surface area contributed by atoms with Crippen LogP contribution in [0.5, 0.6) is 0 Å². The Morgan fingerprint density at radius 2 is 2.33 bits per heavy atom. The van der Waals surface area contributed by atoms with Crippen molar-refractivity contribution in [2.75, 3.05) is 31.5 Å². The molecule has 2 saturated heterocycles. The number of fused-ring (bicyclic) bond motifs is 1. The lowest BCUT2D eigenvalue weighted by Crippen LogP contribution is -2.41. The molecule has 2 aliphatic rings. The van der Waals surface area contributed by atoms with Gasteiger partial charge in [0, 0.05) is 29.8 Å². The van der Waals surface area contributed by atoms with Gasteiger partial charge in [0.25, 0.3) is 0 Å². The van der Waals surface area contributed by atoms with Crippen LogP contribution in [0.3, 0.4) is 0 Å². The molecule has 1 aromatic carbocycles. The number of hydrogen-bond donors (Lipinski definition) is 2. The standard InChI is InChI=1S/C16H22ClN3O/c1-11-4-5-13(7-14(11)17)19-16(21)10-20-8-12-3-2-6-18-15(12)9-20/h4-5,7,12,15,18H,2-3,6,8-10H2,1H3,(H,19,21)/t12-,15+/m0/s1. The van der Waals surface area contributed by atoms with Crippen molar-refractivity contribution in [2.24, 2.45) is 5.92 Å². The number of halogens is 1. The van der Waals surface area contributed by atoms with Crippen molar-refractivity contribution in [3.05, 3.63) is 28.8 Å². The highest BCUT2D eigenvalue weighted by Gasteiger charge is 2.34. The van der Waals surface area contributed by atoms with Gasteiger partial charge < -0.3 is 10.6 Å². The van der Waals surface area contributed by atoms with Gasteiger partial charge in [-0.05, 0) is 49.9 Å². The molecule has 2 N–H and O–H groups in total. The van der Waals surface area contributed by atoms with E-state index >= 15 is 0 Å². The number of likely N-dealkylation sites (tertiary alicyclic amines) is 1. The summed E-state index contributed by atoms with van der Waals surface area (Å²) < 4.78 is 0. The number of anilines is 1. The van der Waals surface area contributed by atoms with Gasteiger partial charge in [-0.25, -0.2) is 0 Å². The number of hydrogen-bond acceptors (Lipinski definition) is 3. The second-order valence-electron chi connectivity index (χ2n) is 6.17. The van der Waals surface area contributed by atoms with E-state index in [0.29, 0.717) is 23.5 Å². The summed E-state index contributed by atoms with van der Waals surface area (Å²) >= 11 is 6.08. The van der Waals surface area contributed by atoms with Crippen LogP contribution in [-0.4, -0.2) is 43.0 Å². The minimum absolute atomic E-state index is 0.0357. The van der Waals surface area contributed by atoms with Crippen LogP contribution in [0.1, 0.15) is 18.4 Å². The summed E-state index contributed by atoms with van der Waals surface area (Å²) in [5.74, 6) is 0.744. The zero-order valence-electron chi connectivity index (χ0n) is 12.4. The van der Waals surface area contributed by atoms with Crippen LogP contribution in [0.25, 0.3) is 0 Å². The lowest BCUT2D eigenvalue weighted by molar-refractivity contribution is -0.117. The summed E-state index contributed by atoms with van der Waals surface area (Å²) in [5, 5.41) is 7.17. The van der Waals surface area contributed by atoms with Gasteiger partial charge in [0.1, 0.15) is 0 Å². The number of nitrogens with zero attached hydrogens (tertiary/aromatic N) is 1. The van der Waals surface area contributed by atoms with E-state index in [1.807, 2.05) is 19.1 Å². The Labute approximate surface area is 130 Å². The van der Waals surface area contributed by atoms with E-state index < -0.39 is 0 Å². The Balaban J connectivity index is 1.53. The second-order valence-corrected chi connectivity index (χ2v) is 6.58. The maximum Gasteiger partial charge on any atom is 0.238 e. The molecule has 0 radical (unpaired) electrons. The second kappa shape index (κ2) is 6.34. The lowest BCUT2D eigenvalue weighted by Gasteiger charge is -2.24. The molecule has 2 heterocycles. The normalized spacial score (nSPS) is 25.6. The average molecular weight is 308 g/mol. The van der Waals surface area contributed by atoms with Crippen LogP contribution >= 0.6 is 11.6 Å². The van der Waals surface area contributed by atoms with E-state index in [2.05, 4.69) is 15.5 Å². The first-order chi connectivity index (χ1) is 10.1. The maximum absolute atomic E-state index is 12.2. The van der Waals surface area contributed by atoms with Gasteiger partial charge >= 0.3 is 0 Å². The van der Waals surface area contributed by atoms with Crippen LogP contribution in [0.15, 0.2) is 18.2 Å². The predicted molar refractivity (Wildman–Crippen MR) is 85.8 cm³/mol. The van der Waals surface area contributed by atoms with Crippen LogP contribution in [0.4, 0.5) is 5.69 Å². The van der Waals surface area contributed by atoms with Crippen molar-refractivity contribution >= 4 is 23.2 Å². The summed E-state index contributed by atoms with van der Waals surface area (Å²) in [6.45, 7) is 5.53. The first kappa shape index (κ1) is 14.8. The van der Waals surface area contributed by atoms with Crippen molar-refractivity contribution in [1.82, 2.24) is 10.2 Å². The smallest absolute Gasteiger partial charge is 0.238 e. The van der Waals surface area contributed by atoms with E-state index in [4.69, 9.17) is 11.6 Å². The van der Waals surface area contributed by atoms with Gasteiger partial charge in [-0.3, -0.25) is 9.69 Å². The molecule has 0 aromatic heterocycles. The molecule has 2 atom stereocenters. The third kappa shape index (κ3) is 3.57. The Bertz CT molecular complexity index is 520. The molecule has 21 heavy (non-hydrogen) atoms. The van der Waals surface area contributed by atoms with E-state index in [1.165, 1.54) is 12.8 Å². The van der Waals surface area contributed by atoms with Gasteiger partial charge in [-0.2, -0.15) is 0 Å². The lowest BCUT2D eigenvalue weighted by atomic mass is 9.94. The molecule has 0 unspecified atom stereocenters. The van der Waals surface area contributed by atoms with Crippen LogP contribution in [0, 0.1) is 12.8 Å². The molecule has 1 aromatic rings. The van der Waals surface area contributed by atoms with Gasteiger partial charge in [0.15, 0.2) is 0 Å². The highest BCUT2D eigenvalue weighted by atomic mass is 35.5. The quantitative estimate of drug-likeness (QED) is 0.900. The molecular weight excluding hydrogens is 286 g/mol. The summed E-state index contributed by atoms with van der Waals surface area (Å²) in [6.07, 6.45) is 2.53. The molecule has 1 amide bonds. The van der Waals surface area contributed by atoms with Crippen LogP contribution in [0.2, 0.25) is 5.02 Å². The van der Waals surface area contributed by atoms with Crippen molar-refractivity contribution < 1.29 is 4.79 Å². The highest BCUT2D eigenvalue weighted by molar-refractivity contribution is 6.31. The molecule has 0 spiro atoms. The Morgan fingerprint density at radius 1 is 1.48 bits per heavy atom. The van der Waals surface area contributed by atoms with Crippen molar-refractivity contribution in [1.29, 1.82) is 0 Å². The van der Waals surface area contributed by atoms with Gasteiger partial charge in [-0.15, -0.1) is 0 Å². The molecule has 0 bridgehead atoms. The minimum atomic E-state index is 0.0357. The third-order valence-electron chi connectivity index (χ3n) is 4.50. The van der Waals surface area contributed by atoms with Crippen molar-refractivity contribution in [2.45, 2.75) is 25.8 Å². The number of carbonyl (C=O) groups excluding carboxylic acids is 1. The molecule has 3 rings (SSSR count). The highest BCUT2D eigenvalue weighted by Crippen LogP contribution is 2.25.